The van der Waals surface area contributed by atoms with Crippen LogP contribution in [0.3, 0.4) is 0 Å². The fraction of sp³-hybridized carbons (Fsp3) is 0.167. The van der Waals surface area contributed by atoms with Crippen LogP contribution in [0.4, 0.5) is 0 Å². The van der Waals surface area contributed by atoms with E-state index in [1.807, 2.05) is 49.4 Å². The van der Waals surface area contributed by atoms with Gasteiger partial charge in [0, 0.05) is 18.0 Å². The maximum Gasteiger partial charge on any atom is 0.258 e. The topological polar surface area (TPSA) is 78.0 Å². The molecular weight excluding hydrogens is 348 g/mol. The third-order valence-corrected chi connectivity index (χ3v) is 4.95. The Balaban J connectivity index is 1.55. The number of benzene rings is 1. The first kappa shape index (κ1) is 16.5. The van der Waals surface area contributed by atoms with Crippen LogP contribution in [0.2, 0.25) is 0 Å². The van der Waals surface area contributed by atoms with Crippen molar-refractivity contribution >= 4 is 17.4 Å². The van der Waals surface area contributed by atoms with Crippen molar-refractivity contribution in [2.45, 2.75) is 24.4 Å². The summed E-state index contributed by atoms with van der Waals surface area (Å²) in [5.41, 5.74) is 3.39. The smallest absolute Gasteiger partial charge is 0.258 e. The van der Waals surface area contributed by atoms with Crippen molar-refractivity contribution in [1.29, 1.82) is 0 Å². The molecule has 0 saturated heterocycles. The minimum absolute atomic E-state index is 0.0850. The molecule has 0 spiro atoms. The van der Waals surface area contributed by atoms with Crippen molar-refractivity contribution in [3.05, 3.63) is 81.9 Å². The van der Waals surface area contributed by atoms with Gasteiger partial charge in [-0.3, -0.25) is 9.20 Å². The standard InChI is InChI=1S/C18H16N6OS/c1-13-6-5-9-23-16(25)10-15(19-17(13)23)12-26-18-20-21-22-24(18)11-14-7-3-2-4-8-14/h2-10H,11-12H2,1H3. The number of aryl methyl sites for hydroxylation is 1. The number of aromatic nitrogens is 6. The Morgan fingerprint density at radius 2 is 1.96 bits per heavy atom. The van der Waals surface area contributed by atoms with Crippen LogP contribution in [0, 0.1) is 6.92 Å². The highest BCUT2D eigenvalue weighted by molar-refractivity contribution is 7.98. The first-order valence-electron chi connectivity index (χ1n) is 8.11. The van der Waals surface area contributed by atoms with Gasteiger partial charge in [-0.05, 0) is 34.5 Å². The lowest BCUT2D eigenvalue weighted by atomic mass is 10.2. The summed E-state index contributed by atoms with van der Waals surface area (Å²) in [7, 11) is 0. The Labute approximate surface area is 153 Å². The predicted molar refractivity (Wildman–Crippen MR) is 99.1 cm³/mol. The number of hydrogen-bond acceptors (Lipinski definition) is 6. The fourth-order valence-electron chi connectivity index (χ4n) is 2.68. The number of rotatable bonds is 5. The van der Waals surface area contributed by atoms with E-state index in [1.54, 1.807) is 21.3 Å². The van der Waals surface area contributed by atoms with Gasteiger partial charge in [-0.1, -0.05) is 48.2 Å². The van der Waals surface area contributed by atoms with E-state index in [1.165, 1.54) is 11.8 Å². The van der Waals surface area contributed by atoms with Gasteiger partial charge in [0.1, 0.15) is 5.65 Å². The monoisotopic (exact) mass is 364 g/mol. The molecule has 26 heavy (non-hydrogen) atoms. The van der Waals surface area contributed by atoms with Crippen molar-refractivity contribution in [2.24, 2.45) is 0 Å². The van der Waals surface area contributed by atoms with Gasteiger partial charge >= 0.3 is 0 Å². The van der Waals surface area contributed by atoms with Crippen LogP contribution >= 0.6 is 11.8 Å². The largest absolute Gasteiger partial charge is 0.269 e. The second kappa shape index (κ2) is 7.09. The van der Waals surface area contributed by atoms with E-state index < -0.39 is 0 Å². The molecule has 7 nitrogen and oxygen atoms in total. The van der Waals surface area contributed by atoms with Gasteiger partial charge in [-0.15, -0.1) is 5.10 Å². The summed E-state index contributed by atoms with van der Waals surface area (Å²) in [5, 5.41) is 12.6. The molecule has 1 aromatic carbocycles. The lowest BCUT2D eigenvalue weighted by Crippen LogP contribution is -2.15. The van der Waals surface area contributed by atoms with Crippen molar-refractivity contribution in [3.8, 4) is 0 Å². The van der Waals surface area contributed by atoms with E-state index in [2.05, 4.69) is 20.5 Å². The van der Waals surface area contributed by atoms with Gasteiger partial charge in [-0.25, -0.2) is 9.67 Å². The summed E-state index contributed by atoms with van der Waals surface area (Å²) < 4.78 is 3.31. The predicted octanol–water partition coefficient (Wildman–Crippen LogP) is 2.33. The zero-order chi connectivity index (χ0) is 17.9. The van der Waals surface area contributed by atoms with Gasteiger partial charge in [0.15, 0.2) is 0 Å². The summed E-state index contributed by atoms with van der Waals surface area (Å²) >= 11 is 1.47. The number of nitrogens with zero attached hydrogens (tertiary/aromatic N) is 6. The Bertz CT molecular complexity index is 1110. The summed E-state index contributed by atoms with van der Waals surface area (Å²) in [6, 6.07) is 15.4. The van der Waals surface area contributed by atoms with Gasteiger partial charge < -0.3 is 0 Å². The van der Waals surface area contributed by atoms with Crippen LogP contribution in [0.15, 0.2) is 64.7 Å². The average Bonchev–Trinajstić information content (AvgIpc) is 3.09. The van der Waals surface area contributed by atoms with Gasteiger partial charge in [0.25, 0.3) is 5.56 Å². The van der Waals surface area contributed by atoms with E-state index in [0.29, 0.717) is 28.8 Å². The van der Waals surface area contributed by atoms with Crippen molar-refractivity contribution in [1.82, 2.24) is 29.6 Å². The number of thioether (sulfide) groups is 1. The number of pyridine rings is 1. The molecule has 4 aromatic rings. The van der Waals surface area contributed by atoms with Crippen LogP contribution < -0.4 is 5.56 Å². The number of hydrogen-bond donors (Lipinski definition) is 0. The third-order valence-electron chi connectivity index (χ3n) is 3.96. The van der Waals surface area contributed by atoms with Gasteiger partial charge in [0.2, 0.25) is 5.16 Å². The molecule has 0 amide bonds. The van der Waals surface area contributed by atoms with Gasteiger partial charge in [0.05, 0.1) is 12.2 Å². The van der Waals surface area contributed by atoms with Crippen LogP contribution in [0.5, 0.6) is 0 Å². The maximum absolute atomic E-state index is 12.3. The zero-order valence-corrected chi connectivity index (χ0v) is 14.9. The normalized spacial score (nSPS) is 11.1. The molecule has 0 saturated carbocycles. The molecule has 8 heteroatoms. The zero-order valence-electron chi connectivity index (χ0n) is 14.1. The minimum atomic E-state index is -0.0850. The lowest BCUT2D eigenvalue weighted by molar-refractivity contribution is 0.603. The van der Waals surface area contributed by atoms with Crippen molar-refractivity contribution < 1.29 is 0 Å². The van der Waals surface area contributed by atoms with E-state index in [4.69, 9.17) is 0 Å². The van der Waals surface area contributed by atoms with Crippen LogP contribution in [-0.4, -0.2) is 29.6 Å². The third kappa shape index (κ3) is 3.36. The fourth-order valence-corrected chi connectivity index (χ4v) is 3.45. The summed E-state index contributed by atoms with van der Waals surface area (Å²) in [6.07, 6.45) is 1.73. The Kier molecular flexibility index (Phi) is 4.49. The molecule has 0 aliphatic heterocycles. The van der Waals surface area contributed by atoms with Crippen LogP contribution in [0.25, 0.3) is 5.65 Å². The highest BCUT2D eigenvalue weighted by atomic mass is 32.2. The molecule has 0 radical (unpaired) electrons. The molecule has 0 N–H and O–H groups in total. The Morgan fingerprint density at radius 3 is 2.81 bits per heavy atom. The molecule has 3 heterocycles. The molecule has 4 rings (SSSR count). The first-order valence-corrected chi connectivity index (χ1v) is 9.10. The molecule has 0 fully saturated rings. The molecule has 130 valence electrons. The molecule has 0 unspecified atom stereocenters. The Hall–Kier alpha value is -3.00. The highest BCUT2D eigenvalue weighted by Gasteiger charge is 2.10. The van der Waals surface area contributed by atoms with Gasteiger partial charge in [-0.2, -0.15) is 0 Å². The molecule has 0 atom stereocenters. The SMILES string of the molecule is Cc1cccn2c(=O)cc(CSc3nnnn3Cc3ccccc3)nc12. The second-order valence-corrected chi connectivity index (χ2v) is 6.81. The van der Waals surface area contributed by atoms with Crippen molar-refractivity contribution in [3.63, 3.8) is 0 Å². The van der Waals surface area contributed by atoms with Crippen LogP contribution in [0.1, 0.15) is 16.8 Å². The Morgan fingerprint density at radius 1 is 1.12 bits per heavy atom. The number of fused-ring (bicyclic) bond motifs is 1. The molecule has 0 bridgehead atoms. The molecule has 0 aliphatic rings. The maximum atomic E-state index is 12.3. The summed E-state index contributed by atoms with van der Waals surface area (Å²) in [6.45, 7) is 2.54. The van der Waals surface area contributed by atoms with Crippen molar-refractivity contribution in [2.75, 3.05) is 0 Å². The number of tetrazole rings is 1. The molecular formula is C18H16N6OS. The second-order valence-electron chi connectivity index (χ2n) is 5.86. The van der Waals surface area contributed by atoms with E-state index in [0.717, 1.165) is 11.1 Å². The van der Waals surface area contributed by atoms with E-state index in [-0.39, 0.29) is 5.56 Å². The molecule has 3 aromatic heterocycles. The lowest BCUT2D eigenvalue weighted by Gasteiger charge is -2.06. The van der Waals surface area contributed by atoms with E-state index >= 15 is 0 Å². The average molecular weight is 364 g/mol. The summed E-state index contributed by atoms with van der Waals surface area (Å²) in [4.78, 5) is 16.9. The minimum Gasteiger partial charge on any atom is -0.269 e. The summed E-state index contributed by atoms with van der Waals surface area (Å²) in [5.74, 6) is 0.523. The first-order chi connectivity index (χ1) is 12.7. The quantitative estimate of drug-likeness (QED) is 0.506. The highest BCUT2D eigenvalue weighted by Crippen LogP contribution is 2.19. The van der Waals surface area contributed by atoms with Crippen LogP contribution in [-0.2, 0) is 12.3 Å². The molecule has 0 aliphatic carbocycles. The van der Waals surface area contributed by atoms with E-state index in [9.17, 15) is 4.79 Å².